The standard InChI is InChI=1S/C12H25NOS/c1-11(10-15(2)14)13-9-8-12-6-4-3-5-7-12/h11-13H,3-10H2,1-2H3. The summed E-state index contributed by atoms with van der Waals surface area (Å²) in [4.78, 5) is 0. The topological polar surface area (TPSA) is 29.1 Å². The van der Waals surface area contributed by atoms with Gasteiger partial charge in [-0.25, -0.2) is 0 Å². The zero-order chi connectivity index (χ0) is 11.1. The first-order chi connectivity index (χ1) is 7.18. The zero-order valence-electron chi connectivity index (χ0n) is 10.1. The lowest BCUT2D eigenvalue weighted by Gasteiger charge is -2.22. The van der Waals surface area contributed by atoms with Gasteiger partial charge in [0.25, 0.3) is 0 Å². The van der Waals surface area contributed by atoms with Crippen molar-refractivity contribution in [2.45, 2.75) is 51.5 Å². The third-order valence-corrected chi connectivity index (χ3v) is 4.22. The summed E-state index contributed by atoms with van der Waals surface area (Å²) >= 11 is 0. The third kappa shape index (κ3) is 6.31. The van der Waals surface area contributed by atoms with E-state index in [0.717, 1.165) is 18.2 Å². The Morgan fingerprint density at radius 3 is 2.60 bits per heavy atom. The summed E-state index contributed by atoms with van der Waals surface area (Å²) in [6.07, 6.45) is 10.2. The maximum Gasteiger partial charge on any atom is 0.0383 e. The van der Waals surface area contributed by atoms with Crippen LogP contribution in [0.4, 0.5) is 0 Å². The van der Waals surface area contributed by atoms with E-state index in [1.165, 1.54) is 38.5 Å². The van der Waals surface area contributed by atoms with E-state index in [9.17, 15) is 4.21 Å². The Morgan fingerprint density at radius 2 is 2.00 bits per heavy atom. The van der Waals surface area contributed by atoms with Crippen LogP contribution in [0.3, 0.4) is 0 Å². The molecule has 0 amide bonds. The largest absolute Gasteiger partial charge is 0.313 e. The second-order valence-electron chi connectivity index (χ2n) is 4.89. The summed E-state index contributed by atoms with van der Waals surface area (Å²) in [5.41, 5.74) is 0. The van der Waals surface area contributed by atoms with Gasteiger partial charge in [0, 0.05) is 28.9 Å². The lowest BCUT2D eigenvalue weighted by molar-refractivity contribution is 0.330. The molecule has 0 aliphatic heterocycles. The lowest BCUT2D eigenvalue weighted by Crippen LogP contribution is -2.32. The molecule has 0 saturated heterocycles. The van der Waals surface area contributed by atoms with Gasteiger partial charge in [0.05, 0.1) is 0 Å². The van der Waals surface area contributed by atoms with E-state index in [4.69, 9.17) is 0 Å². The van der Waals surface area contributed by atoms with Crippen LogP contribution in [0, 0.1) is 5.92 Å². The number of nitrogens with one attached hydrogen (secondary N) is 1. The van der Waals surface area contributed by atoms with Gasteiger partial charge in [-0.05, 0) is 25.8 Å². The summed E-state index contributed by atoms with van der Waals surface area (Å²) in [5.74, 6) is 1.73. The highest BCUT2D eigenvalue weighted by molar-refractivity contribution is 7.84. The maximum atomic E-state index is 11.0. The molecule has 0 heterocycles. The van der Waals surface area contributed by atoms with Crippen LogP contribution in [0.2, 0.25) is 0 Å². The highest BCUT2D eigenvalue weighted by Gasteiger charge is 2.13. The molecule has 0 aromatic carbocycles. The monoisotopic (exact) mass is 231 g/mol. The summed E-state index contributed by atoms with van der Waals surface area (Å²) in [7, 11) is -0.666. The Labute approximate surface area is 96.7 Å². The van der Waals surface area contributed by atoms with Gasteiger partial charge >= 0.3 is 0 Å². The van der Waals surface area contributed by atoms with Crippen LogP contribution in [-0.2, 0) is 10.8 Å². The first-order valence-electron chi connectivity index (χ1n) is 6.22. The van der Waals surface area contributed by atoms with Crippen LogP contribution < -0.4 is 5.32 Å². The second-order valence-corrected chi connectivity index (χ2v) is 6.37. The average molecular weight is 231 g/mol. The quantitative estimate of drug-likeness (QED) is 0.760. The van der Waals surface area contributed by atoms with Crippen molar-refractivity contribution < 1.29 is 4.21 Å². The average Bonchev–Trinajstić information content (AvgIpc) is 2.18. The highest BCUT2D eigenvalue weighted by atomic mass is 32.2. The van der Waals surface area contributed by atoms with Gasteiger partial charge < -0.3 is 5.32 Å². The Hall–Kier alpha value is 0.110. The molecule has 3 heteroatoms. The number of hydrogen-bond acceptors (Lipinski definition) is 2. The molecule has 2 atom stereocenters. The van der Waals surface area contributed by atoms with Gasteiger partial charge in [0.2, 0.25) is 0 Å². The summed E-state index contributed by atoms with van der Waals surface area (Å²) < 4.78 is 11.0. The van der Waals surface area contributed by atoms with Gasteiger partial charge in [-0.1, -0.05) is 32.1 Å². The highest BCUT2D eigenvalue weighted by Crippen LogP contribution is 2.25. The predicted molar refractivity (Wildman–Crippen MR) is 67.6 cm³/mol. The van der Waals surface area contributed by atoms with Crippen LogP contribution in [-0.4, -0.2) is 28.8 Å². The van der Waals surface area contributed by atoms with E-state index in [0.29, 0.717) is 6.04 Å². The van der Waals surface area contributed by atoms with Crippen molar-refractivity contribution in [3.63, 3.8) is 0 Å². The van der Waals surface area contributed by atoms with Crippen LogP contribution >= 0.6 is 0 Å². The fourth-order valence-electron chi connectivity index (χ4n) is 2.42. The van der Waals surface area contributed by atoms with E-state index in [-0.39, 0.29) is 0 Å². The van der Waals surface area contributed by atoms with Crippen molar-refractivity contribution in [3.8, 4) is 0 Å². The van der Waals surface area contributed by atoms with Crippen molar-refractivity contribution in [2.75, 3.05) is 18.6 Å². The molecule has 0 bridgehead atoms. The zero-order valence-corrected chi connectivity index (χ0v) is 10.9. The minimum atomic E-state index is -0.666. The van der Waals surface area contributed by atoms with Crippen LogP contribution in [0.25, 0.3) is 0 Å². The summed E-state index contributed by atoms with van der Waals surface area (Å²) in [6, 6.07) is 0.402. The van der Waals surface area contributed by atoms with Gasteiger partial charge in [0.1, 0.15) is 0 Å². The molecule has 2 unspecified atom stereocenters. The molecular formula is C12H25NOS. The molecule has 0 spiro atoms. The van der Waals surface area contributed by atoms with Gasteiger partial charge in [-0.3, -0.25) is 4.21 Å². The Balaban J connectivity index is 2.02. The maximum absolute atomic E-state index is 11.0. The molecule has 1 saturated carbocycles. The van der Waals surface area contributed by atoms with E-state index in [1.807, 2.05) is 0 Å². The summed E-state index contributed by atoms with van der Waals surface area (Å²) in [5, 5.41) is 3.47. The van der Waals surface area contributed by atoms with Crippen molar-refractivity contribution >= 4 is 10.8 Å². The smallest absolute Gasteiger partial charge is 0.0383 e. The normalized spacial score (nSPS) is 22.5. The molecule has 1 fully saturated rings. The SMILES string of the molecule is CC(CS(C)=O)NCCC1CCCCC1. The second kappa shape index (κ2) is 7.39. The van der Waals surface area contributed by atoms with E-state index >= 15 is 0 Å². The lowest BCUT2D eigenvalue weighted by atomic mass is 9.87. The number of hydrogen-bond donors (Lipinski definition) is 1. The molecule has 0 aromatic rings. The molecule has 1 aliphatic carbocycles. The van der Waals surface area contributed by atoms with Gasteiger partial charge in [-0.2, -0.15) is 0 Å². The van der Waals surface area contributed by atoms with E-state index < -0.39 is 10.8 Å². The van der Waals surface area contributed by atoms with Crippen molar-refractivity contribution in [2.24, 2.45) is 5.92 Å². The molecule has 90 valence electrons. The first kappa shape index (κ1) is 13.2. The Kier molecular flexibility index (Phi) is 6.50. The Bertz CT molecular complexity index is 190. The predicted octanol–water partition coefficient (Wildman–Crippen LogP) is 2.31. The minimum absolute atomic E-state index is 0.402. The summed E-state index contributed by atoms with van der Waals surface area (Å²) in [6.45, 7) is 3.23. The molecule has 0 aromatic heterocycles. The van der Waals surface area contributed by atoms with Crippen LogP contribution in [0.15, 0.2) is 0 Å². The van der Waals surface area contributed by atoms with Crippen LogP contribution in [0.5, 0.6) is 0 Å². The van der Waals surface area contributed by atoms with E-state index in [1.54, 1.807) is 6.26 Å². The van der Waals surface area contributed by atoms with Crippen molar-refractivity contribution in [1.29, 1.82) is 0 Å². The Morgan fingerprint density at radius 1 is 1.33 bits per heavy atom. The minimum Gasteiger partial charge on any atom is -0.313 e. The first-order valence-corrected chi connectivity index (χ1v) is 7.94. The van der Waals surface area contributed by atoms with Crippen molar-refractivity contribution in [1.82, 2.24) is 5.32 Å². The van der Waals surface area contributed by atoms with E-state index in [2.05, 4.69) is 12.2 Å². The molecule has 1 rings (SSSR count). The van der Waals surface area contributed by atoms with Crippen molar-refractivity contribution in [3.05, 3.63) is 0 Å². The molecule has 2 nitrogen and oxygen atoms in total. The molecule has 1 N–H and O–H groups in total. The van der Waals surface area contributed by atoms with Gasteiger partial charge in [-0.15, -0.1) is 0 Å². The van der Waals surface area contributed by atoms with Crippen LogP contribution in [0.1, 0.15) is 45.4 Å². The fourth-order valence-corrected chi connectivity index (χ4v) is 3.24. The third-order valence-electron chi connectivity index (χ3n) is 3.25. The number of rotatable bonds is 6. The molecule has 0 radical (unpaired) electrons. The van der Waals surface area contributed by atoms with Gasteiger partial charge in [0.15, 0.2) is 0 Å². The molecule has 1 aliphatic rings. The molecule has 15 heavy (non-hydrogen) atoms. The molecular weight excluding hydrogens is 206 g/mol. The fraction of sp³-hybridized carbons (Fsp3) is 1.00.